The third-order valence-electron chi connectivity index (χ3n) is 2.12. The Balaban J connectivity index is 2.28. The van der Waals surface area contributed by atoms with Crippen LogP contribution in [0, 0.1) is 5.82 Å². The van der Waals surface area contributed by atoms with Gasteiger partial charge in [0.1, 0.15) is 5.82 Å². The summed E-state index contributed by atoms with van der Waals surface area (Å²) in [5.41, 5.74) is 12.4. The molecule has 2 aromatic rings. The number of anilines is 1. The maximum atomic E-state index is 12.9. The molecule has 5 N–H and O–H groups in total. The van der Waals surface area contributed by atoms with Crippen LogP contribution < -0.4 is 11.5 Å². The number of H-pyrrole nitrogens is 1. The summed E-state index contributed by atoms with van der Waals surface area (Å²) < 4.78 is 12.9. The topological polar surface area (TPSA) is 105 Å². The number of nitrogens with two attached hydrogens (primary N) is 2. The fourth-order valence-corrected chi connectivity index (χ4v) is 1.29. The first-order chi connectivity index (χ1) is 8.20. The lowest BCUT2D eigenvalue weighted by atomic mass is 10.3. The molecule has 0 atom stereocenters. The van der Waals surface area contributed by atoms with Gasteiger partial charge in [-0.2, -0.15) is 10.2 Å². The van der Waals surface area contributed by atoms with Gasteiger partial charge in [-0.1, -0.05) is 6.07 Å². The molecule has 0 amide bonds. The normalized spacial score (nSPS) is 11.2. The lowest BCUT2D eigenvalue weighted by molar-refractivity contribution is 0.628. The number of aromatic nitrogens is 2. The average Bonchev–Trinajstić information content (AvgIpc) is 2.67. The smallest absolute Gasteiger partial charge is 0.173 e. The third-order valence-corrected chi connectivity index (χ3v) is 2.12. The van der Waals surface area contributed by atoms with Crippen molar-refractivity contribution in [2.75, 3.05) is 5.73 Å². The number of hydrogen-bond acceptors (Lipinski definition) is 5. The first kappa shape index (κ1) is 11.2. The van der Waals surface area contributed by atoms with E-state index in [1.165, 1.54) is 12.1 Å². The average molecular weight is 234 g/mol. The van der Waals surface area contributed by atoms with Crippen molar-refractivity contribution >= 4 is 17.2 Å². The minimum Gasteiger partial charge on any atom is -0.380 e. The second-order valence-electron chi connectivity index (χ2n) is 3.32. The van der Waals surface area contributed by atoms with E-state index in [0.29, 0.717) is 17.1 Å². The van der Waals surface area contributed by atoms with Gasteiger partial charge in [-0.25, -0.2) is 4.39 Å². The molecule has 6 nitrogen and oxygen atoms in total. The fourth-order valence-electron chi connectivity index (χ4n) is 1.29. The van der Waals surface area contributed by atoms with Gasteiger partial charge in [0.25, 0.3) is 0 Å². The largest absolute Gasteiger partial charge is 0.380 e. The molecule has 17 heavy (non-hydrogen) atoms. The molecule has 0 spiro atoms. The molecular weight excluding hydrogens is 223 g/mol. The minimum atomic E-state index is -0.374. The third kappa shape index (κ3) is 2.45. The summed E-state index contributed by atoms with van der Waals surface area (Å²) in [5.74, 6) is -0.161. The van der Waals surface area contributed by atoms with Crippen LogP contribution in [0.4, 0.5) is 21.6 Å². The van der Waals surface area contributed by atoms with Gasteiger partial charge in [-0.15, -0.1) is 5.11 Å². The Hall–Kier alpha value is -2.28. The van der Waals surface area contributed by atoms with Crippen LogP contribution in [-0.4, -0.2) is 10.2 Å². The van der Waals surface area contributed by atoms with Crippen LogP contribution in [0.3, 0.4) is 0 Å². The Morgan fingerprint density at radius 3 is 2.88 bits per heavy atom. The van der Waals surface area contributed by atoms with Crippen molar-refractivity contribution in [2.45, 2.75) is 6.54 Å². The zero-order valence-corrected chi connectivity index (χ0v) is 8.89. The van der Waals surface area contributed by atoms with E-state index in [4.69, 9.17) is 11.5 Å². The van der Waals surface area contributed by atoms with Gasteiger partial charge in [-0.05, 0) is 12.1 Å². The molecular formula is C10H11FN6. The van der Waals surface area contributed by atoms with Crippen LogP contribution in [0.1, 0.15) is 5.69 Å². The van der Waals surface area contributed by atoms with Gasteiger partial charge in [0.05, 0.1) is 11.4 Å². The van der Waals surface area contributed by atoms with Crippen molar-refractivity contribution in [3.05, 3.63) is 35.8 Å². The van der Waals surface area contributed by atoms with Crippen LogP contribution in [0.25, 0.3) is 0 Å². The Morgan fingerprint density at radius 2 is 2.18 bits per heavy atom. The number of azo groups is 1. The van der Waals surface area contributed by atoms with Crippen LogP contribution in [0.2, 0.25) is 0 Å². The minimum absolute atomic E-state index is 0.214. The monoisotopic (exact) mass is 234 g/mol. The molecule has 1 aromatic heterocycles. The SMILES string of the molecule is NCc1[nH]nc(N)c1N=Nc1cccc(F)c1. The molecule has 0 fully saturated rings. The molecule has 88 valence electrons. The standard InChI is InChI=1S/C10H11FN6/c11-6-2-1-3-7(4-6)14-16-9-8(5-12)15-17-10(9)13/h1-4H,5,12H2,(H3,13,15,17). The predicted octanol–water partition coefficient (Wildman–Crippen LogP) is 2.01. The summed E-state index contributed by atoms with van der Waals surface area (Å²) in [6.07, 6.45) is 0. The molecule has 1 aromatic carbocycles. The van der Waals surface area contributed by atoms with Crippen LogP contribution in [0.5, 0.6) is 0 Å². The molecule has 0 unspecified atom stereocenters. The zero-order valence-electron chi connectivity index (χ0n) is 8.89. The molecule has 1 heterocycles. The van der Waals surface area contributed by atoms with E-state index >= 15 is 0 Å². The summed E-state index contributed by atoms with van der Waals surface area (Å²) in [6, 6.07) is 5.77. The Morgan fingerprint density at radius 1 is 1.35 bits per heavy atom. The first-order valence-electron chi connectivity index (χ1n) is 4.91. The molecule has 7 heteroatoms. The fraction of sp³-hybridized carbons (Fsp3) is 0.100. The van der Waals surface area contributed by atoms with E-state index in [1.54, 1.807) is 12.1 Å². The van der Waals surface area contributed by atoms with Gasteiger partial charge >= 0.3 is 0 Å². The quantitative estimate of drug-likeness (QED) is 0.707. The van der Waals surface area contributed by atoms with Crippen LogP contribution in [0.15, 0.2) is 34.5 Å². The zero-order chi connectivity index (χ0) is 12.3. The van der Waals surface area contributed by atoms with Gasteiger partial charge < -0.3 is 11.5 Å². The van der Waals surface area contributed by atoms with Crippen molar-refractivity contribution in [1.29, 1.82) is 0 Å². The predicted molar refractivity (Wildman–Crippen MR) is 61.5 cm³/mol. The van der Waals surface area contributed by atoms with Crippen molar-refractivity contribution in [2.24, 2.45) is 16.0 Å². The number of benzene rings is 1. The number of nitrogens with zero attached hydrogens (tertiary/aromatic N) is 3. The maximum absolute atomic E-state index is 12.9. The van der Waals surface area contributed by atoms with Gasteiger partial charge in [0.2, 0.25) is 0 Å². The van der Waals surface area contributed by atoms with Gasteiger partial charge in [0.15, 0.2) is 11.5 Å². The van der Waals surface area contributed by atoms with Crippen molar-refractivity contribution in [3.63, 3.8) is 0 Å². The van der Waals surface area contributed by atoms with E-state index in [2.05, 4.69) is 20.4 Å². The molecule has 0 saturated heterocycles. The first-order valence-corrected chi connectivity index (χ1v) is 4.91. The van der Waals surface area contributed by atoms with E-state index in [-0.39, 0.29) is 18.2 Å². The maximum Gasteiger partial charge on any atom is 0.173 e. The number of halogens is 1. The summed E-state index contributed by atoms with van der Waals surface area (Å²) in [5, 5.41) is 14.2. The Bertz CT molecular complexity index is 547. The van der Waals surface area contributed by atoms with E-state index in [9.17, 15) is 4.39 Å². The number of nitrogens with one attached hydrogen (secondary N) is 1. The van der Waals surface area contributed by atoms with Crippen LogP contribution in [-0.2, 0) is 6.54 Å². The lowest BCUT2D eigenvalue weighted by Gasteiger charge is -1.94. The molecule has 0 bridgehead atoms. The number of nitrogen functional groups attached to an aromatic ring is 1. The Labute approximate surface area is 96.5 Å². The van der Waals surface area contributed by atoms with Crippen LogP contribution >= 0.6 is 0 Å². The van der Waals surface area contributed by atoms with Crippen molar-refractivity contribution in [3.8, 4) is 0 Å². The molecule has 0 aliphatic heterocycles. The molecule has 0 radical (unpaired) electrons. The highest BCUT2D eigenvalue weighted by atomic mass is 19.1. The molecule has 2 rings (SSSR count). The van der Waals surface area contributed by atoms with Crippen molar-refractivity contribution in [1.82, 2.24) is 10.2 Å². The Kier molecular flexibility index (Phi) is 3.10. The molecule has 0 aliphatic rings. The van der Waals surface area contributed by atoms with E-state index in [0.717, 1.165) is 0 Å². The summed E-state index contributed by atoms with van der Waals surface area (Å²) in [4.78, 5) is 0. The number of aromatic amines is 1. The number of hydrogen-bond donors (Lipinski definition) is 3. The second-order valence-corrected chi connectivity index (χ2v) is 3.32. The highest BCUT2D eigenvalue weighted by molar-refractivity contribution is 5.60. The number of rotatable bonds is 3. The summed E-state index contributed by atoms with van der Waals surface area (Å²) in [6.45, 7) is 0.224. The van der Waals surface area contributed by atoms with Crippen molar-refractivity contribution < 1.29 is 4.39 Å². The summed E-state index contributed by atoms with van der Waals surface area (Å²) >= 11 is 0. The van der Waals surface area contributed by atoms with E-state index < -0.39 is 0 Å². The van der Waals surface area contributed by atoms with Gasteiger partial charge in [-0.3, -0.25) is 5.10 Å². The lowest BCUT2D eigenvalue weighted by Crippen LogP contribution is -1.96. The molecule has 0 saturated carbocycles. The van der Waals surface area contributed by atoms with Gasteiger partial charge in [0, 0.05) is 12.6 Å². The highest BCUT2D eigenvalue weighted by Crippen LogP contribution is 2.26. The summed E-state index contributed by atoms with van der Waals surface area (Å²) in [7, 11) is 0. The highest BCUT2D eigenvalue weighted by Gasteiger charge is 2.08. The second kappa shape index (κ2) is 4.71. The van der Waals surface area contributed by atoms with E-state index in [1.807, 2.05) is 0 Å². The molecule has 0 aliphatic carbocycles.